The molecule has 2 N–H and O–H groups in total. The van der Waals surface area contributed by atoms with Crippen molar-refractivity contribution < 1.29 is 4.79 Å². The van der Waals surface area contributed by atoms with Crippen molar-refractivity contribution in [2.45, 2.75) is 18.9 Å². The predicted octanol–water partition coefficient (Wildman–Crippen LogP) is 1.32. The molecule has 1 aromatic carbocycles. The lowest BCUT2D eigenvalue weighted by Gasteiger charge is -2.30. The van der Waals surface area contributed by atoms with Gasteiger partial charge in [0.05, 0.1) is 0 Å². The molecular weight excluding hydrogens is 226 g/mol. The minimum absolute atomic E-state index is 0.0930. The van der Waals surface area contributed by atoms with Gasteiger partial charge in [-0.2, -0.15) is 0 Å². The van der Waals surface area contributed by atoms with E-state index in [-0.39, 0.29) is 11.9 Å². The van der Waals surface area contributed by atoms with Crippen molar-refractivity contribution in [3.63, 3.8) is 0 Å². The summed E-state index contributed by atoms with van der Waals surface area (Å²) in [5.74, 6) is 0.0930. The normalized spacial score (nSPS) is 19.7. The summed E-state index contributed by atoms with van der Waals surface area (Å²) in [7, 11) is 3.97. The average Bonchev–Trinajstić information content (AvgIpc) is 2.38. The van der Waals surface area contributed by atoms with Crippen molar-refractivity contribution in [3.05, 3.63) is 29.8 Å². The van der Waals surface area contributed by atoms with Crippen LogP contribution in [0.4, 0.5) is 5.69 Å². The Labute approximate surface area is 108 Å². The van der Waals surface area contributed by atoms with Crippen LogP contribution < -0.4 is 10.6 Å². The Bertz CT molecular complexity index is 414. The molecule has 1 aromatic rings. The maximum absolute atomic E-state index is 12.3. The van der Waals surface area contributed by atoms with Gasteiger partial charge < -0.3 is 15.5 Å². The van der Waals surface area contributed by atoms with Crippen molar-refractivity contribution in [1.82, 2.24) is 4.90 Å². The lowest BCUT2D eigenvalue weighted by molar-refractivity contribution is 0.0709. The van der Waals surface area contributed by atoms with E-state index in [0.29, 0.717) is 6.54 Å². The Morgan fingerprint density at radius 3 is 2.56 bits per heavy atom. The zero-order valence-corrected chi connectivity index (χ0v) is 11.1. The van der Waals surface area contributed by atoms with Crippen LogP contribution in [0.3, 0.4) is 0 Å². The van der Waals surface area contributed by atoms with Gasteiger partial charge in [-0.25, -0.2) is 0 Å². The van der Waals surface area contributed by atoms with Gasteiger partial charge in [-0.05, 0) is 37.1 Å². The molecule has 1 aliphatic heterocycles. The van der Waals surface area contributed by atoms with Gasteiger partial charge in [0.2, 0.25) is 0 Å². The topological polar surface area (TPSA) is 49.6 Å². The molecule has 1 saturated heterocycles. The predicted molar refractivity (Wildman–Crippen MR) is 73.9 cm³/mol. The molecule has 1 heterocycles. The molecule has 0 bridgehead atoms. The van der Waals surface area contributed by atoms with Gasteiger partial charge in [0.15, 0.2) is 0 Å². The number of amides is 1. The summed E-state index contributed by atoms with van der Waals surface area (Å²) in [4.78, 5) is 16.2. The number of hydrogen-bond donors (Lipinski definition) is 1. The number of anilines is 1. The highest BCUT2D eigenvalue weighted by Crippen LogP contribution is 2.16. The Morgan fingerprint density at radius 1 is 1.33 bits per heavy atom. The number of hydrogen-bond acceptors (Lipinski definition) is 3. The van der Waals surface area contributed by atoms with Gasteiger partial charge in [-0.3, -0.25) is 4.79 Å². The van der Waals surface area contributed by atoms with Crippen LogP contribution in [-0.2, 0) is 0 Å². The van der Waals surface area contributed by atoms with Crippen LogP contribution in [-0.4, -0.2) is 44.0 Å². The Balaban J connectivity index is 2.08. The van der Waals surface area contributed by atoms with E-state index in [4.69, 9.17) is 5.73 Å². The van der Waals surface area contributed by atoms with Crippen molar-refractivity contribution in [1.29, 1.82) is 0 Å². The summed E-state index contributed by atoms with van der Waals surface area (Å²) >= 11 is 0. The highest BCUT2D eigenvalue weighted by atomic mass is 16.2. The van der Waals surface area contributed by atoms with Crippen LogP contribution in [0.15, 0.2) is 24.3 Å². The number of carbonyl (C=O) groups excluding carboxylic acids is 1. The zero-order chi connectivity index (χ0) is 13.1. The third kappa shape index (κ3) is 2.82. The van der Waals surface area contributed by atoms with Gasteiger partial charge in [-0.15, -0.1) is 0 Å². The highest BCUT2D eigenvalue weighted by Gasteiger charge is 2.22. The van der Waals surface area contributed by atoms with Gasteiger partial charge in [0, 0.05) is 44.5 Å². The van der Waals surface area contributed by atoms with E-state index in [9.17, 15) is 4.79 Å². The second-order valence-corrected chi connectivity index (χ2v) is 5.09. The first-order chi connectivity index (χ1) is 8.58. The van der Waals surface area contributed by atoms with E-state index >= 15 is 0 Å². The van der Waals surface area contributed by atoms with Gasteiger partial charge in [0.1, 0.15) is 0 Å². The van der Waals surface area contributed by atoms with Crippen LogP contribution in [0.5, 0.6) is 0 Å². The maximum Gasteiger partial charge on any atom is 0.253 e. The Hall–Kier alpha value is -1.55. The number of nitrogens with zero attached hydrogens (tertiary/aromatic N) is 2. The third-order valence-electron chi connectivity index (χ3n) is 3.38. The summed E-state index contributed by atoms with van der Waals surface area (Å²) in [6.45, 7) is 1.50. The fourth-order valence-electron chi connectivity index (χ4n) is 2.28. The number of likely N-dealkylation sites (tertiary alicyclic amines) is 1. The molecule has 98 valence electrons. The summed E-state index contributed by atoms with van der Waals surface area (Å²) in [6.07, 6.45) is 2.02. The Kier molecular flexibility index (Phi) is 3.87. The minimum atomic E-state index is 0.0930. The van der Waals surface area contributed by atoms with Crippen LogP contribution >= 0.6 is 0 Å². The van der Waals surface area contributed by atoms with E-state index in [1.807, 2.05) is 48.2 Å². The lowest BCUT2D eigenvalue weighted by atomic mass is 10.1. The number of piperidine rings is 1. The molecule has 4 heteroatoms. The summed E-state index contributed by atoms with van der Waals surface area (Å²) < 4.78 is 0. The monoisotopic (exact) mass is 247 g/mol. The lowest BCUT2D eigenvalue weighted by Crippen LogP contribution is -2.45. The molecule has 1 fully saturated rings. The minimum Gasteiger partial charge on any atom is -0.378 e. The fourth-order valence-corrected chi connectivity index (χ4v) is 2.28. The SMILES string of the molecule is CN(C)c1ccc(C(=O)N2CCCC(N)C2)cc1. The van der Waals surface area contributed by atoms with Crippen molar-refractivity contribution in [2.24, 2.45) is 5.73 Å². The summed E-state index contributed by atoms with van der Waals surface area (Å²) in [5, 5.41) is 0. The van der Waals surface area contributed by atoms with Crippen LogP contribution in [0.1, 0.15) is 23.2 Å². The van der Waals surface area contributed by atoms with E-state index in [1.165, 1.54) is 0 Å². The molecule has 0 spiro atoms. The molecule has 4 nitrogen and oxygen atoms in total. The smallest absolute Gasteiger partial charge is 0.253 e. The molecule has 0 saturated carbocycles. The van der Waals surface area contributed by atoms with Crippen LogP contribution in [0, 0.1) is 0 Å². The first-order valence-electron chi connectivity index (χ1n) is 6.40. The molecule has 1 atom stereocenters. The molecule has 2 rings (SSSR count). The second kappa shape index (κ2) is 5.40. The number of nitrogens with two attached hydrogens (primary N) is 1. The number of rotatable bonds is 2. The standard InChI is InChI=1S/C14H21N3O/c1-16(2)13-7-5-11(6-8-13)14(18)17-9-3-4-12(15)10-17/h5-8,12H,3-4,9-10,15H2,1-2H3. The molecule has 1 unspecified atom stereocenters. The molecule has 18 heavy (non-hydrogen) atoms. The molecule has 1 aliphatic rings. The highest BCUT2D eigenvalue weighted by molar-refractivity contribution is 5.94. The van der Waals surface area contributed by atoms with Gasteiger partial charge >= 0.3 is 0 Å². The summed E-state index contributed by atoms with van der Waals surface area (Å²) in [5.41, 5.74) is 7.75. The van der Waals surface area contributed by atoms with Gasteiger partial charge in [-0.1, -0.05) is 0 Å². The first-order valence-corrected chi connectivity index (χ1v) is 6.40. The average molecular weight is 247 g/mol. The Morgan fingerprint density at radius 2 is 2.00 bits per heavy atom. The van der Waals surface area contributed by atoms with Gasteiger partial charge in [0.25, 0.3) is 5.91 Å². The van der Waals surface area contributed by atoms with E-state index < -0.39 is 0 Å². The third-order valence-corrected chi connectivity index (χ3v) is 3.38. The zero-order valence-electron chi connectivity index (χ0n) is 11.1. The summed E-state index contributed by atoms with van der Waals surface area (Å²) in [6, 6.07) is 7.84. The first kappa shape index (κ1) is 12.9. The number of carbonyl (C=O) groups is 1. The molecule has 0 aromatic heterocycles. The van der Waals surface area contributed by atoms with Crippen molar-refractivity contribution in [2.75, 3.05) is 32.1 Å². The molecule has 1 amide bonds. The quantitative estimate of drug-likeness (QED) is 0.857. The van der Waals surface area contributed by atoms with Crippen molar-refractivity contribution >= 4 is 11.6 Å². The molecular formula is C14H21N3O. The largest absolute Gasteiger partial charge is 0.378 e. The van der Waals surface area contributed by atoms with Crippen LogP contribution in [0.25, 0.3) is 0 Å². The van der Waals surface area contributed by atoms with E-state index in [2.05, 4.69) is 0 Å². The van der Waals surface area contributed by atoms with E-state index in [0.717, 1.165) is 30.6 Å². The molecule has 0 aliphatic carbocycles. The second-order valence-electron chi connectivity index (χ2n) is 5.09. The van der Waals surface area contributed by atoms with Crippen molar-refractivity contribution in [3.8, 4) is 0 Å². The molecule has 0 radical (unpaired) electrons. The number of benzene rings is 1. The maximum atomic E-state index is 12.3. The van der Waals surface area contributed by atoms with E-state index in [1.54, 1.807) is 0 Å². The fraction of sp³-hybridized carbons (Fsp3) is 0.500. The van der Waals surface area contributed by atoms with Crippen LogP contribution in [0.2, 0.25) is 0 Å².